The Bertz CT molecular complexity index is 369. The summed E-state index contributed by atoms with van der Waals surface area (Å²) in [6, 6.07) is 7.30. The second-order valence-electron chi connectivity index (χ2n) is 4.03. The number of hydrogen-bond acceptors (Lipinski definition) is 2. The van der Waals surface area contributed by atoms with E-state index in [1.165, 1.54) is 0 Å². The van der Waals surface area contributed by atoms with Gasteiger partial charge in [-0.2, -0.15) is 0 Å². The Hall–Kier alpha value is -1.28. The summed E-state index contributed by atoms with van der Waals surface area (Å²) in [6.07, 6.45) is 5.39. The van der Waals surface area contributed by atoms with E-state index < -0.39 is 0 Å². The van der Waals surface area contributed by atoms with Crippen LogP contribution in [-0.2, 0) is 6.42 Å². The van der Waals surface area contributed by atoms with Gasteiger partial charge >= 0.3 is 0 Å². The highest BCUT2D eigenvalue weighted by Gasteiger charge is 2.15. The minimum absolute atomic E-state index is 0.316. The van der Waals surface area contributed by atoms with Crippen molar-refractivity contribution >= 4 is 0 Å². The van der Waals surface area contributed by atoms with Gasteiger partial charge in [-0.3, -0.25) is 0 Å². The first-order valence-electron chi connectivity index (χ1n) is 5.41. The number of rotatable bonds is 2. The van der Waals surface area contributed by atoms with E-state index in [4.69, 9.17) is 0 Å². The molecule has 0 amide bonds. The SMILES string of the molecule is Oc1ccccc1CC1=CCCCC1O. The molecule has 1 atom stereocenters. The molecule has 0 radical (unpaired) electrons. The van der Waals surface area contributed by atoms with Gasteiger partial charge in [0, 0.05) is 0 Å². The van der Waals surface area contributed by atoms with Gasteiger partial charge in [0.05, 0.1) is 6.10 Å². The minimum Gasteiger partial charge on any atom is -0.508 e. The van der Waals surface area contributed by atoms with Crippen molar-refractivity contribution in [2.45, 2.75) is 31.8 Å². The van der Waals surface area contributed by atoms with Crippen LogP contribution >= 0.6 is 0 Å². The molecule has 0 bridgehead atoms. The van der Waals surface area contributed by atoms with Crippen LogP contribution in [0.15, 0.2) is 35.9 Å². The van der Waals surface area contributed by atoms with E-state index in [0.717, 1.165) is 30.4 Å². The van der Waals surface area contributed by atoms with Gasteiger partial charge in [0.25, 0.3) is 0 Å². The maximum absolute atomic E-state index is 9.77. The zero-order valence-electron chi connectivity index (χ0n) is 8.69. The van der Waals surface area contributed by atoms with E-state index in [9.17, 15) is 10.2 Å². The Kier molecular flexibility index (Phi) is 3.07. The van der Waals surface area contributed by atoms with Crippen molar-refractivity contribution in [1.82, 2.24) is 0 Å². The molecule has 1 aliphatic rings. The summed E-state index contributed by atoms with van der Waals surface area (Å²) in [5.41, 5.74) is 1.94. The first-order chi connectivity index (χ1) is 7.27. The maximum Gasteiger partial charge on any atom is 0.119 e. The van der Waals surface area contributed by atoms with E-state index >= 15 is 0 Å². The quantitative estimate of drug-likeness (QED) is 0.726. The zero-order valence-corrected chi connectivity index (χ0v) is 8.69. The molecule has 80 valence electrons. The van der Waals surface area contributed by atoms with Crippen LogP contribution in [0.1, 0.15) is 24.8 Å². The van der Waals surface area contributed by atoms with Crippen LogP contribution in [0.4, 0.5) is 0 Å². The summed E-state index contributed by atoms with van der Waals surface area (Å²) in [5, 5.41) is 19.4. The van der Waals surface area contributed by atoms with Gasteiger partial charge in [0.15, 0.2) is 0 Å². The lowest BCUT2D eigenvalue weighted by molar-refractivity contribution is 0.188. The molecule has 0 saturated carbocycles. The van der Waals surface area contributed by atoms with Crippen LogP contribution in [-0.4, -0.2) is 16.3 Å². The minimum atomic E-state index is -0.321. The smallest absolute Gasteiger partial charge is 0.119 e. The molecule has 1 aromatic carbocycles. The number of hydrogen-bond donors (Lipinski definition) is 2. The van der Waals surface area contributed by atoms with Gasteiger partial charge in [-0.25, -0.2) is 0 Å². The fourth-order valence-electron chi connectivity index (χ4n) is 1.99. The van der Waals surface area contributed by atoms with Gasteiger partial charge in [0.1, 0.15) is 5.75 Å². The molecule has 0 spiro atoms. The number of aromatic hydroxyl groups is 1. The van der Waals surface area contributed by atoms with Crippen molar-refractivity contribution in [2.24, 2.45) is 0 Å². The molecule has 2 N–H and O–H groups in total. The molecule has 1 unspecified atom stereocenters. The Morgan fingerprint density at radius 3 is 2.80 bits per heavy atom. The lowest BCUT2D eigenvalue weighted by Gasteiger charge is -2.19. The Morgan fingerprint density at radius 2 is 2.07 bits per heavy atom. The number of benzene rings is 1. The van der Waals surface area contributed by atoms with E-state index in [2.05, 4.69) is 6.08 Å². The monoisotopic (exact) mass is 204 g/mol. The van der Waals surface area contributed by atoms with Crippen molar-refractivity contribution in [3.8, 4) is 5.75 Å². The van der Waals surface area contributed by atoms with Crippen LogP contribution in [0.5, 0.6) is 5.75 Å². The predicted molar refractivity (Wildman–Crippen MR) is 59.8 cm³/mol. The average molecular weight is 204 g/mol. The Balaban J connectivity index is 2.15. The highest BCUT2D eigenvalue weighted by Crippen LogP contribution is 2.25. The first-order valence-corrected chi connectivity index (χ1v) is 5.41. The topological polar surface area (TPSA) is 40.5 Å². The fraction of sp³-hybridized carbons (Fsp3) is 0.385. The zero-order chi connectivity index (χ0) is 10.7. The summed E-state index contributed by atoms with van der Waals surface area (Å²) in [4.78, 5) is 0. The second-order valence-corrected chi connectivity index (χ2v) is 4.03. The maximum atomic E-state index is 9.77. The molecule has 1 aliphatic carbocycles. The molecule has 2 rings (SSSR count). The largest absolute Gasteiger partial charge is 0.508 e. The first kappa shape index (κ1) is 10.2. The van der Waals surface area contributed by atoms with Crippen LogP contribution in [0.3, 0.4) is 0 Å². The molecule has 1 aromatic rings. The number of aliphatic hydroxyl groups excluding tert-OH is 1. The van der Waals surface area contributed by atoms with Crippen molar-refractivity contribution in [2.75, 3.05) is 0 Å². The van der Waals surface area contributed by atoms with Crippen LogP contribution < -0.4 is 0 Å². The van der Waals surface area contributed by atoms with Gasteiger partial charge in [-0.15, -0.1) is 0 Å². The number of para-hydroxylation sites is 1. The van der Waals surface area contributed by atoms with Crippen LogP contribution in [0.2, 0.25) is 0 Å². The normalized spacial score (nSPS) is 21.1. The molecule has 0 heterocycles. The lowest BCUT2D eigenvalue weighted by Crippen LogP contribution is -2.15. The molecule has 0 aliphatic heterocycles. The van der Waals surface area contributed by atoms with E-state index in [1.807, 2.05) is 18.2 Å². The van der Waals surface area contributed by atoms with Crippen molar-refractivity contribution < 1.29 is 10.2 Å². The summed E-state index contributed by atoms with van der Waals surface area (Å²) < 4.78 is 0. The predicted octanol–water partition coefficient (Wildman–Crippen LogP) is 2.41. The van der Waals surface area contributed by atoms with Gasteiger partial charge in [-0.05, 0) is 42.9 Å². The third-order valence-corrected chi connectivity index (χ3v) is 2.90. The second kappa shape index (κ2) is 4.49. The molecule has 2 nitrogen and oxygen atoms in total. The lowest BCUT2D eigenvalue weighted by atomic mass is 9.91. The average Bonchev–Trinajstić information content (AvgIpc) is 2.24. The number of aliphatic hydroxyl groups is 1. The van der Waals surface area contributed by atoms with E-state index in [1.54, 1.807) is 6.07 Å². The van der Waals surface area contributed by atoms with Gasteiger partial charge in [-0.1, -0.05) is 24.3 Å². The molecular weight excluding hydrogens is 188 g/mol. The van der Waals surface area contributed by atoms with E-state index in [-0.39, 0.29) is 6.10 Å². The van der Waals surface area contributed by atoms with Crippen molar-refractivity contribution in [3.05, 3.63) is 41.5 Å². The van der Waals surface area contributed by atoms with Crippen molar-refractivity contribution in [1.29, 1.82) is 0 Å². The molecule has 0 saturated heterocycles. The number of allylic oxidation sites excluding steroid dienone is 1. The Morgan fingerprint density at radius 1 is 1.27 bits per heavy atom. The molecule has 15 heavy (non-hydrogen) atoms. The summed E-state index contributed by atoms with van der Waals surface area (Å²) in [7, 11) is 0. The molecule has 0 aromatic heterocycles. The third kappa shape index (κ3) is 2.39. The summed E-state index contributed by atoms with van der Waals surface area (Å²) in [5.74, 6) is 0.316. The standard InChI is InChI=1S/C13H16O2/c14-12-7-3-1-5-10(12)9-11-6-2-4-8-13(11)15/h1,3,5-7,13-15H,2,4,8-9H2. The number of phenolic OH excluding ortho intramolecular Hbond substituents is 1. The molecular formula is C13H16O2. The van der Waals surface area contributed by atoms with E-state index in [0.29, 0.717) is 12.2 Å². The fourth-order valence-corrected chi connectivity index (χ4v) is 1.99. The van der Waals surface area contributed by atoms with Gasteiger partial charge < -0.3 is 10.2 Å². The Labute approximate surface area is 89.9 Å². The summed E-state index contributed by atoms with van der Waals surface area (Å²) >= 11 is 0. The van der Waals surface area contributed by atoms with Gasteiger partial charge in [0.2, 0.25) is 0 Å². The highest BCUT2D eigenvalue weighted by atomic mass is 16.3. The van der Waals surface area contributed by atoms with Crippen LogP contribution in [0, 0.1) is 0 Å². The molecule has 0 fully saturated rings. The van der Waals surface area contributed by atoms with Crippen LogP contribution in [0.25, 0.3) is 0 Å². The number of phenols is 1. The summed E-state index contributed by atoms with van der Waals surface area (Å²) in [6.45, 7) is 0. The third-order valence-electron chi connectivity index (χ3n) is 2.90. The van der Waals surface area contributed by atoms with Crippen molar-refractivity contribution in [3.63, 3.8) is 0 Å². The highest BCUT2D eigenvalue weighted by molar-refractivity contribution is 5.36. The molecule has 2 heteroatoms.